The van der Waals surface area contributed by atoms with Crippen molar-refractivity contribution in [2.45, 2.75) is 26.4 Å². The molecule has 0 saturated carbocycles. The summed E-state index contributed by atoms with van der Waals surface area (Å²) in [6.07, 6.45) is 3.44. The fraction of sp³-hybridized carbons (Fsp3) is 0.438. The molecule has 1 rings (SSSR count). The van der Waals surface area contributed by atoms with Crippen LogP contribution in [0.5, 0.6) is 11.5 Å². The molecule has 0 bridgehead atoms. The first-order valence-corrected chi connectivity index (χ1v) is 6.90. The van der Waals surface area contributed by atoms with E-state index in [9.17, 15) is 4.79 Å². The van der Waals surface area contributed by atoms with Crippen molar-refractivity contribution in [1.82, 2.24) is 0 Å². The van der Waals surface area contributed by atoms with E-state index in [1.165, 1.54) is 6.08 Å². The molecule has 5 nitrogen and oxygen atoms in total. The van der Waals surface area contributed by atoms with Crippen molar-refractivity contribution in [3.63, 3.8) is 0 Å². The van der Waals surface area contributed by atoms with E-state index in [1.807, 2.05) is 13.8 Å². The fourth-order valence-corrected chi connectivity index (χ4v) is 1.52. The van der Waals surface area contributed by atoms with Gasteiger partial charge in [-0.05, 0) is 31.6 Å². The number of benzene rings is 1. The molecule has 21 heavy (non-hydrogen) atoms. The standard InChI is InChI=1S/C16H22O5/c1-4-9-20-14-7-5-13(6-8-16(17)18)15(10-14)21-11-12(2)19-3/h5-8,10,12H,4,9,11H2,1-3H3,(H,17,18)/b8-6+. The van der Waals surface area contributed by atoms with Crippen LogP contribution in [0.2, 0.25) is 0 Å². The molecule has 0 aliphatic carbocycles. The van der Waals surface area contributed by atoms with Crippen LogP contribution in [0.3, 0.4) is 0 Å². The normalized spacial score (nSPS) is 12.3. The van der Waals surface area contributed by atoms with Gasteiger partial charge in [-0.1, -0.05) is 6.92 Å². The van der Waals surface area contributed by atoms with Crippen LogP contribution in [-0.2, 0) is 9.53 Å². The lowest BCUT2D eigenvalue weighted by Gasteiger charge is -2.15. The van der Waals surface area contributed by atoms with Gasteiger partial charge in [-0.15, -0.1) is 0 Å². The Kier molecular flexibility index (Phi) is 7.32. The van der Waals surface area contributed by atoms with Crippen molar-refractivity contribution in [3.8, 4) is 11.5 Å². The Balaban J connectivity index is 2.91. The van der Waals surface area contributed by atoms with Crippen molar-refractivity contribution < 1.29 is 24.1 Å². The first-order valence-electron chi connectivity index (χ1n) is 6.90. The van der Waals surface area contributed by atoms with E-state index in [0.29, 0.717) is 30.3 Å². The van der Waals surface area contributed by atoms with Crippen molar-refractivity contribution >= 4 is 12.0 Å². The van der Waals surface area contributed by atoms with Crippen LogP contribution in [0, 0.1) is 0 Å². The molecular weight excluding hydrogens is 272 g/mol. The summed E-state index contributed by atoms with van der Waals surface area (Å²) in [5.74, 6) is 0.270. The third-order valence-electron chi connectivity index (χ3n) is 2.74. The Bertz CT molecular complexity index is 482. The second-order valence-corrected chi connectivity index (χ2v) is 4.58. The van der Waals surface area contributed by atoms with Gasteiger partial charge in [0.1, 0.15) is 18.1 Å². The van der Waals surface area contributed by atoms with Crippen LogP contribution in [-0.4, -0.2) is 37.5 Å². The van der Waals surface area contributed by atoms with Crippen molar-refractivity contribution in [1.29, 1.82) is 0 Å². The third-order valence-corrected chi connectivity index (χ3v) is 2.74. The van der Waals surface area contributed by atoms with Crippen LogP contribution in [0.1, 0.15) is 25.8 Å². The monoisotopic (exact) mass is 294 g/mol. The number of carbonyl (C=O) groups is 1. The first-order chi connectivity index (χ1) is 10.1. The molecule has 1 unspecified atom stereocenters. The molecule has 1 N–H and O–H groups in total. The Morgan fingerprint density at radius 3 is 2.76 bits per heavy atom. The number of rotatable bonds is 9. The predicted octanol–water partition coefficient (Wildman–Crippen LogP) is 2.99. The number of hydrogen-bond acceptors (Lipinski definition) is 4. The largest absolute Gasteiger partial charge is 0.493 e. The van der Waals surface area contributed by atoms with Gasteiger partial charge in [-0.3, -0.25) is 0 Å². The average Bonchev–Trinajstić information content (AvgIpc) is 2.49. The quantitative estimate of drug-likeness (QED) is 0.709. The lowest BCUT2D eigenvalue weighted by Crippen LogP contribution is -2.16. The lowest BCUT2D eigenvalue weighted by atomic mass is 10.1. The minimum Gasteiger partial charge on any atom is -0.493 e. The second kappa shape index (κ2) is 9.02. The molecule has 116 valence electrons. The smallest absolute Gasteiger partial charge is 0.328 e. The maximum atomic E-state index is 10.6. The Morgan fingerprint density at radius 2 is 2.14 bits per heavy atom. The molecule has 1 aromatic carbocycles. The molecule has 1 atom stereocenters. The van der Waals surface area contributed by atoms with Crippen molar-refractivity contribution in [2.75, 3.05) is 20.3 Å². The van der Waals surface area contributed by atoms with Crippen LogP contribution >= 0.6 is 0 Å². The molecule has 0 radical (unpaired) electrons. The van der Waals surface area contributed by atoms with Gasteiger partial charge in [0.05, 0.1) is 12.7 Å². The fourth-order valence-electron chi connectivity index (χ4n) is 1.52. The number of carboxylic acid groups (broad SMARTS) is 1. The minimum atomic E-state index is -1.00. The highest BCUT2D eigenvalue weighted by Gasteiger charge is 2.07. The molecule has 5 heteroatoms. The zero-order valence-corrected chi connectivity index (χ0v) is 12.7. The van der Waals surface area contributed by atoms with Gasteiger partial charge >= 0.3 is 5.97 Å². The van der Waals surface area contributed by atoms with Crippen molar-refractivity contribution in [3.05, 3.63) is 29.8 Å². The summed E-state index contributed by atoms with van der Waals surface area (Å²) >= 11 is 0. The Hall–Kier alpha value is -2.01. The molecule has 0 fully saturated rings. The van der Waals surface area contributed by atoms with Crippen LogP contribution in [0.4, 0.5) is 0 Å². The summed E-state index contributed by atoms with van der Waals surface area (Å²) in [5, 5.41) is 8.72. The van der Waals surface area contributed by atoms with E-state index >= 15 is 0 Å². The number of hydrogen-bond donors (Lipinski definition) is 1. The van der Waals surface area contributed by atoms with Crippen molar-refractivity contribution in [2.24, 2.45) is 0 Å². The van der Waals surface area contributed by atoms with E-state index in [2.05, 4.69) is 0 Å². The SMILES string of the molecule is CCCOc1ccc(/C=C/C(=O)O)c(OCC(C)OC)c1. The van der Waals surface area contributed by atoms with Crippen LogP contribution < -0.4 is 9.47 Å². The van der Waals surface area contributed by atoms with Gasteiger partial charge in [0, 0.05) is 24.8 Å². The highest BCUT2D eigenvalue weighted by atomic mass is 16.5. The Labute approximate surface area is 125 Å². The van der Waals surface area contributed by atoms with Gasteiger partial charge in [-0.2, -0.15) is 0 Å². The molecule has 0 amide bonds. The van der Waals surface area contributed by atoms with Crippen LogP contribution in [0.25, 0.3) is 6.08 Å². The van der Waals surface area contributed by atoms with Gasteiger partial charge in [0.2, 0.25) is 0 Å². The molecule has 0 aliphatic rings. The maximum Gasteiger partial charge on any atom is 0.328 e. The number of aliphatic carboxylic acids is 1. The average molecular weight is 294 g/mol. The summed E-state index contributed by atoms with van der Waals surface area (Å²) < 4.78 is 16.4. The van der Waals surface area contributed by atoms with Gasteiger partial charge < -0.3 is 19.3 Å². The minimum absolute atomic E-state index is 0.0541. The maximum absolute atomic E-state index is 10.6. The molecule has 0 spiro atoms. The molecular formula is C16H22O5. The summed E-state index contributed by atoms with van der Waals surface area (Å²) in [4.78, 5) is 10.6. The van der Waals surface area contributed by atoms with E-state index in [1.54, 1.807) is 25.3 Å². The lowest BCUT2D eigenvalue weighted by molar-refractivity contribution is -0.131. The summed E-state index contributed by atoms with van der Waals surface area (Å²) in [6, 6.07) is 5.33. The molecule has 0 aliphatic heterocycles. The molecule has 0 saturated heterocycles. The zero-order valence-electron chi connectivity index (χ0n) is 12.7. The molecule has 0 heterocycles. The number of methoxy groups -OCH3 is 1. The number of carboxylic acids is 1. The second-order valence-electron chi connectivity index (χ2n) is 4.58. The van der Waals surface area contributed by atoms with E-state index < -0.39 is 5.97 Å². The van der Waals surface area contributed by atoms with Gasteiger partial charge in [0.25, 0.3) is 0 Å². The van der Waals surface area contributed by atoms with Crippen LogP contribution in [0.15, 0.2) is 24.3 Å². The van der Waals surface area contributed by atoms with Gasteiger partial charge in [0.15, 0.2) is 0 Å². The first kappa shape index (κ1) is 17.0. The third kappa shape index (κ3) is 6.31. The zero-order chi connectivity index (χ0) is 15.7. The van der Waals surface area contributed by atoms with Gasteiger partial charge in [-0.25, -0.2) is 4.79 Å². The Morgan fingerprint density at radius 1 is 1.38 bits per heavy atom. The highest BCUT2D eigenvalue weighted by molar-refractivity contribution is 5.86. The summed E-state index contributed by atoms with van der Waals surface area (Å²) in [6.45, 7) is 4.92. The highest BCUT2D eigenvalue weighted by Crippen LogP contribution is 2.26. The molecule has 0 aromatic heterocycles. The number of ether oxygens (including phenoxy) is 3. The summed E-state index contributed by atoms with van der Waals surface area (Å²) in [5.41, 5.74) is 0.685. The predicted molar refractivity (Wildman–Crippen MR) is 80.9 cm³/mol. The van der Waals surface area contributed by atoms with E-state index in [4.69, 9.17) is 19.3 Å². The molecule has 1 aromatic rings. The van der Waals surface area contributed by atoms with E-state index in [0.717, 1.165) is 12.5 Å². The topological polar surface area (TPSA) is 65.0 Å². The summed E-state index contributed by atoms with van der Waals surface area (Å²) in [7, 11) is 1.61. The van der Waals surface area contributed by atoms with E-state index in [-0.39, 0.29) is 6.10 Å².